The van der Waals surface area contributed by atoms with Crippen LogP contribution in [0.5, 0.6) is 0 Å². The van der Waals surface area contributed by atoms with Gasteiger partial charge in [-0.05, 0) is 33.1 Å². The lowest BCUT2D eigenvalue weighted by molar-refractivity contribution is 0.573. The summed E-state index contributed by atoms with van der Waals surface area (Å²) in [7, 11) is 0. The van der Waals surface area contributed by atoms with Crippen molar-refractivity contribution in [2.45, 2.75) is 33.1 Å². The molecule has 0 bridgehead atoms. The lowest BCUT2D eigenvalue weighted by Crippen LogP contribution is -2.31. The number of rotatable bonds is 5. The predicted molar refractivity (Wildman–Crippen MR) is 97.1 cm³/mol. The molecule has 0 spiro atoms. The van der Waals surface area contributed by atoms with Gasteiger partial charge in [-0.15, -0.1) is 0 Å². The summed E-state index contributed by atoms with van der Waals surface area (Å²) in [6.45, 7) is 8.36. The Kier molecular flexibility index (Phi) is 5.11. The Morgan fingerprint density at radius 2 is 1.65 bits per heavy atom. The molecule has 0 N–H and O–H groups in total. The second-order valence-corrected chi connectivity index (χ2v) is 6.00. The fourth-order valence-corrected chi connectivity index (χ4v) is 3.11. The number of hydrogen-bond donors (Lipinski definition) is 0. The molecule has 0 unspecified atom stereocenters. The molecule has 0 radical (unpaired) electrons. The fraction of sp³-hybridized carbons (Fsp3) is 0.474. The highest BCUT2D eigenvalue weighted by molar-refractivity contribution is 5.65. The van der Waals surface area contributed by atoms with Crippen LogP contribution < -0.4 is 9.80 Å². The Morgan fingerprint density at radius 1 is 0.957 bits per heavy atom. The third-order valence-electron chi connectivity index (χ3n) is 4.50. The molecule has 3 rings (SSSR count). The monoisotopic (exact) mass is 310 g/mol. The quantitative estimate of drug-likeness (QED) is 0.836. The zero-order valence-electron chi connectivity index (χ0n) is 14.2. The van der Waals surface area contributed by atoms with Crippen LogP contribution in [0.15, 0.2) is 36.4 Å². The predicted octanol–water partition coefficient (Wildman–Crippen LogP) is 3.98. The summed E-state index contributed by atoms with van der Waals surface area (Å²) in [6, 6.07) is 12.6. The summed E-state index contributed by atoms with van der Waals surface area (Å²) < 4.78 is 0. The number of piperidine rings is 1. The van der Waals surface area contributed by atoms with E-state index in [1.165, 1.54) is 19.3 Å². The smallest absolute Gasteiger partial charge is 0.227 e. The molecule has 1 aromatic carbocycles. The van der Waals surface area contributed by atoms with Gasteiger partial charge < -0.3 is 9.80 Å². The number of hydrogen-bond acceptors (Lipinski definition) is 4. The minimum absolute atomic E-state index is 0.844. The lowest BCUT2D eigenvalue weighted by atomic mass is 10.1. The first kappa shape index (κ1) is 15.8. The van der Waals surface area contributed by atoms with E-state index in [9.17, 15) is 0 Å². The van der Waals surface area contributed by atoms with Crippen LogP contribution in [0.3, 0.4) is 0 Å². The molecule has 0 aliphatic carbocycles. The molecule has 0 saturated carbocycles. The van der Waals surface area contributed by atoms with Crippen LogP contribution in [0, 0.1) is 0 Å². The van der Waals surface area contributed by atoms with Crippen LogP contribution in [-0.2, 0) is 0 Å². The van der Waals surface area contributed by atoms with E-state index in [0.717, 1.165) is 49.2 Å². The number of anilines is 2. The van der Waals surface area contributed by atoms with Gasteiger partial charge >= 0.3 is 0 Å². The van der Waals surface area contributed by atoms with E-state index < -0.39 is 0 Å². The van der Waals surface area contributed by atoms with Gasteiger partial charge in [0.2, 0.25) is 5.95 Å². The second-order valence-electron chi connectivity index (χ2n) is 6.00. The Bertz CT molecular complexity index is 617. The molecule has 1 saturated heterocycles. The van der Waals surface area contributed by atoms with E-state index >= 15 is 0 Å². The van der Waals surface area contributed by atoms with Crippen LogP contribution in [0.1, 0.15) is 33.1 Å². The van der Waals surface area contributed by atoms with Crippen molar-refractivity contribution < 1.29 is 0 Å². The molecule has 4 nitrogen and oxygen atoms in total. The van der Waals surface area contributed by atoms with E-state index in [0.29, 0.717) is 0 Å². The first-order chi connectivity index (χ1) is 11.3. The van der Waals surface area contributed by atoms with Crippen LogP contribution in [0.4, 0.5) is 11.8 Å². The molecule has 1 aliphatic rings. The molecule has 4 heteroatoms. The van der Waals surface area contributed by atoms with Crippen LogP contribution in [0.25, 0.3) is 11.3 Å². The maximum absolute atomic E-state index is 4.87. The van der Waals surface area contributed by atoms with Gasteiger partial charge in [0, 0.05) is 37.8 Å². The van der Waals surface area contributed by atoms with Crippen molar-refractivity contribution >= 4 is 11.8 Å². The standard InChI is InChI=1S/C19H26N4/c1-3-22(4-2)19-20-17(16-11-7-5-8-12-16)15-18(21-19)23-13-9-6-10-14-23/h5,7-8,11-12,15H,3-4,6,9-10,13-14H2,1-2H3. The SMILES string of the molecule is CCN(CC)c1nc(-c2ccccc2)cc(N2CCCCC2)n1. The van der Waals surface area contributed by atoms with Gasteiger partial charge in [-0.3, -0.25) is 0 Å². The number of nitrogens with zero attached hydrogens (tertiary/aromatic N) is 4. The topological polar surface area (TPSA) is 32.3 Å². The van der Waals surface area contributed by atoms with Crippen LogP contribution >= 0.6 is 0 Å². The van der Waals surface area contributed by atoms with E-state index in [-0.39, 0.29) is 0 Å². The average molecular weight is 310 g/mol. The molecule has 1 aliphatic heterocycles. The summed E-state index contributed by atoms with van der Waals surface area (Å²) in [4.78, 5) is 14.3. The molecule has 2 heterocycles. The van der Waals surface area contributed by atoms with E-state index in [4.69, 9.17) is 9.97 Å². The Morgan fingerprint density at radius 3 is 2.30 bits per heavy atom. The molecule has 1 aromatic heterocycles. The molecular formula is C19H26N4. The number of aromatic nitrogens is 2. The normalized spacial score (nSPS) is 14.8. The van der Waals surface area contributed by atoms with E-state index in [1.54, 1.807) is 0 Å². The van der Waals surface area contributed by atoms with E-state index in [1.807, 2.05) is 6.07 Å². The zero-order valence-corrected chi connectivity index (χ0v) is 14.2. The van der Waals surface area contributed by atoms with Crippen LogP contribution in [0.2, 0.25) is 0 Å². The zero-order chi connectivity index (χ0) is 16.1. The summed E-state index contributed by atoms with van der Waals surface area (Å²) in [5, 5.41) is 0. The number of benzene rings is 1. The van der Waals surface area contributed by atoms with Crippen molar-refractivity contribution in [3.63, 3.8) is 0 Å². The summed E-state index contributed by atoms with van der Waals surface area (Å²) >= 11 is 0. The summed E-state index contributed by atoms with van der Waals surface area (Å²) in [5.41, 5.74) is 2.17. The molecule has 0 amide bonds. The first-order valence-corrected chi connectivity index (χ1v) is 8.76. The summed E-state index contributed by atoms with van der Waals surface area (Å²) in [6.07, 6.45) is 3.84. The lowest BCUT2D eigenvalue weighted by Gasteiger charge is -2.29. The highest BCUT2D eigenvalue weighted by atomic mass is 15.3. The second kappa shape index (κ2) is 7.44. The van der Waals surface area contributed by atoms with Gasteiger partial charge in [-0.1, -0.05) is 30.3 Å². The van der Waals surface area contributed by atoms with Crippen LogP contribution in [-0.4, -0.2) is 36.1 Å². The minimum Gasteiger partial charge on any atom is -0.356 e. The van der Waals surface area contributed by atoms with Gasteiger partial charge in [0.15, 0.2) is 0 Å². The van der Waals surface area contributed by atoms with Crippen molar-refractivity contribution in [1.82, 2.24) is 9.97 Å². The minimum atomic E-state index is 0.844. The average Bonchev–Trinajstić information content (AvgIpc) is 2.64. The maximum Gasteiger partial charge on any atom is 0.227 e. The Hall–Kier alpha value is -2.10. The highest BCUT2D eigenvalue weighted by Crippen LogP contribution is 2.26. The largest absolute Gasteiger partial charge is 0.356 e. The highest BCUT2D eigenvalue weighted by Gasteiger charge is 2.17. The third-order valence-corrected chi connectivity index (χ3v) is 4.50. The van der Waals surface area contributed by atoms with Crippen molar-refractivity contribution in [2.24, 2.45) is 0 Å². The van der Waals surface area contributed by atoms with Gasteiger partial charge in [0.1, 0.15) is 5.82 Å². The Balaban J connectivity index is 2.02. The Labute approximate surface area is 139 Å². The third kappa shape index (κ3) is 3.63. The van der Waals surface area contributed by atoms with Crippen molar-refractivity contribution in [3.05, 3.63) is 36.4 Å². The van der Waals surface area contributed by atoms with Crippen molar-refractivity contribution in [3.8, 4) is 11.3 Å². The fourth-order valence-electron chi connectivity index (χ4n) is 3.11. The van der Waals surface area contributed by atoms with Gasteiger partial charge in [0.05, 0.1) is 5.69 Å². The van der Waals surface area contributed by atoms with Crippen molar-refractivity contribution in [2.75, 3.05) is 36.0 Å². The van der Waals surface area contributed by atoms with Crippen molar-refractivity contribution in [1.29, 1.82) is 0 Å². The summed E-state index contributed by atoms with van der Waals surface area (Å²) in [5.74, 6) is 1.91. The molecule has 1 fully saturated rings. The van der Waals surface area contributed by atoms with Gasteiger partial charge in [0.25, 0.3) is 0 Å². The first-order valence-electron chi connectivity index (χ1n) is 8.76. The maximum atomic E-state index is 4.87. The van der Waals surface area contributed by atoms with Gasteiger partial charge in [-0.25, -0.2) is 4.98 Å². The molecular weight excluding hydrogens is 284 g/mol. The molecule has 23 heavy (non-hydrogen) atoms. The molecule has 122 valence electrons. The molecule has 2 aromatic rings. The van der Waals surface area contributed by atoms with Gasteiger partial charge in [-0.2, -0.15) is 4.98 Å². The molecule has 0 atom stereocenters. The van der Waals surface area contributed by atoms with E-state index in [2.05, 4.69) is 54.0 Å².